The lowest BCUT2D eigenvalue weighted by molar-refractivity contribution is 0.0699. The van der Waals surface area contributed by atoms with E-state index in [1.54, 1.807) is 6.07 Å². The Morgan fingerprint density at radius 1 is 1.16 bits per heavy atom. The monoisotopic (exact) mass is 341 g/mol. The molecule has 2 aromatic carbocycles. The van der Waals surface area contributed by atoms with Crippen LogP contribution in [0, 0.1) is 11.6 Å². The van der Waals surface area contributed by atoms with Crippen molar-refractivity contribution in [3.8, 4) is 11.3 Å². The zero-order valence-corrected chi connectivity index (χ0v) is 13.9. The summed E-state index contributed by atoms with van der Waals surface area (Å²) in [6.45, 7) is 4.12. The van der Waals surface area contributed by atoms with E-state index in [1.807, 2.05) is 12.1 Å². The van der Waals surface area contributed by atoms with Gasteiger partial charge in [-0.2, -0.15) is 0 Å². The number of aromatic carboxylic acids is 1. The average Bonchev–Trinajstić information content (AvgIpc) is 2.61. The van der Waals surface area contributed by atoms with E-state index in [4.69, 9.17) is 0 Å². The van der Waals surface area contributed by atoms with Crippen LogP contribution in [0.15, 0.2) is 42.5 Å². The van der Waals surface area contributed by atoms with Gasteiger partial charge < -0.3 is 5.11 Å². The topological polar surface area (TPSA) is 50.2 Å². The van der Waals surface area contributed by atoms with Crippen molar-refractivity contribution in [2.75, 3.05) is 0 Å². The molecule has 1 heterocycles. The lowest BCUT2D eigenvalue weighted by atomic mass is 9.95. The van der Waals surface area contributed by atoms with Crippen LogP contribution in [0.5, 0.6) is 0 Å². The smallest absolute Gasteiger partial charge is 0.336 e. The molecule has 1 atom stereocenters. The lowest BCUT2D eigenvalue weighted by Gasteiger charge is -2.12. The van der Waals surface area contributed by atoms with Crippen LogP contribution in [-0.2, 0) is 0 Å². The van der Waals surface area contributed by atoms with Gasteiger partial charge in [0.05, 0.1) is 16.8 Å². The van der Waals surface area contributed by atoms with Crippen LogP contribution in [0.4, 0.5) is 8.78 Å². The maximum Gasteiger partial charge on any atom is 0.336 e. The van der Waals surface area contributed by atoms with Crippen LogP contribution in [0.3, 0.4) is 0 Å². The molecule has 0 saturated heterocycles. The van der Waals surface area contributed by atoms with Crippen LogP contribution >= 0.6 is 0 Å². The molecule has 3 rings (SSSR count). The Hall–Kier alpha value is -2.82. The molecule has 0 fully saturated rings. The highest BCUT2D eigenvalue weighted by molar-refractivity contribution is 6.04. The number of carboxylic acids is 1. The van der Waals surface area contributed by atoms with Crippen LogP contribution in [0.25, 0.3) is 22.2 Å². The maximum absolute atomic E-state index is 14.0. The number of carboxylic acid groups (broad SMARTS) is 1. The second-order valence-corrected chi connectivity index (χ2v) is 6.07. The van der Waals surface area contributed by atoms with Crippen molar-refractivity contribution in [3.05, 3.63) is 65.2 Å². The number of carbonyl (C=O) groups is 1. The summed E-state index contributed by atoms with van der Waals surface area (Å²) < 4.78 is 27.5. The summed E-state index contributed by atoms with van der Waals surface area (Å²) in [6.07, 6.45) is 0.925. The highest BCUT2D eigenvalue weighted by atomic mass is 19.1. The predicted molar refractivity (Wildman–Crippen MR) is 92.8 cm³/mol. The first-order valence-corrected chi connectivity index (χ1v) is 8.04. The van der Waals surface area contributed by atoms with Gasteiger partial charge in [-0.1, -0.05) is 19.9 Å². The van der Waals surface area contributed by atoms with Crippen LogP contribution in [0.2, 0.25) is 0 Å². The SMILES string of the molecule is CCC(C)c1ccc2nc(-c3cc(F)ccc3F)cc(C(=O)O)c2c1. The van der Waals surface area contributed by atoms with E-state index >= 15 is 0 Å². The summed E-state index contributed by atoms with van der Waals surface area (Å²) >= 11 is 0. The lowest BCUT2D eigenvalue weighted by Crippen LogP contribution is -2.02. The van der Waals surface area contributed by atoms with Gasteiger partial charge in [0.2, 0.25) is 0 Å². The van der Waals surface area contributed by atoms with Gasteiger partial charge >= 0.3 is 5.97 Å². The molecule has 0 bridgehead atoms. The molecule has 25 heavy (non-hydrogen) atoms. The Balaban J connectivity index is 2.27. The molecule has 3 nitrogen and oxygen atoms in total. The third kappa shape index (κ3) is 3.22. The van der Waals surface area contributed by atoms with Gasteiger partial charge in [0, 0.05) is 10.9 Å². The number of aromatic nitrogens is 1. The zero-order valence-electron chi connectivity index (χ0n) is 13.9. The van der Waals surface area contributed by atoms with E-state index in [0.29, 0.717) is 10.9 Å². The second kappa shape index (κ2) is 6.59. The van der Waals surface area contributed by atoms with Crippen molar-refractivity contribution in [2.24, 2.45) is 0 Å². The average molecular weight is 341 g/mol. The summed E-state index contributed by atoms with van der Waals surface area (Å²) in [4.78, 5) is 16.1. The van der Waals surface area contributed by atoms with Gasteiger partial charge in [-0.05, 0) is 54.3 Å². The minimum absolute atomic E-state index is 0.0221. The molecule has 0 aliphatic carbocycles. The largest absolute Gasteiger partial charge is 0.478 e. The molecule has 0 aliphatic heterocycles. The summed E-state index contributed by atoms with van der Waals surface area (Å²) in [7, 11) is 0. The maximum atomic E-state index is 14.0. The normalized spacial score (nSPS) is 12.3. The van der Waals surface area contributed by atoms with Gasteiger partial charge in [-0.3, -0.25) is 0 Å². The van der Waals surface area contributed by atoms with Gasteiger partial charge in [0.1, 0.15) is 11.6 Å². The molecule has 128 valence electrons. The Labute approximate surface area is 144 Å². The van der Waals surface area contributed by atoms with Gasteiger partial charge in [-0.15, -0.1) is 0 Å². The zero-order chi connectivity index (χ0) is 18.1. The second-order valence-electron chi connectivity index (χ2n) is 6.07. The Bertz CT molecular complexity index is 969. The first-order chi connectivity index (χ1) is 11.9. The predicted octanol–water partition coefficient (Wildman–Crippen LogP) is 5.39. The van der Waals surface area contributed by atoms with E-state index in [1.165, 1.54) is 6.07 Å². The van der Waals surface area contributed by atoms with E-state index in [9.17, 15) is 18.7 Å². The number of halogens is 2. The van der Waals surface area contributed by atoms with Crippen molar-refractivity contribution in [2.45, 2.75) is 26.2 Å². The first kappa shape index (κ1) is 17.0. The molecule has 3 aromatic rings. The minimum Gasteiger partial charge on any atom is -0.478 e. The van der Waals surface area contributed by atoms with Crippen molar-refractivity contribution in [3.63, 3.8) is 0 Å². The number of fused-ring (bicyclic) bond motifs is 1. The molecule has 1 N–H and O–H groups in total. The molecule has 1 unspecified atom stereocenters. The Morgan fingerprint density at radius 2 is 1.92 bits per heavy atom. The molecule has 0 radical (unpaired) electrons. The van der Waals surface area contributed by atoms with Crippen molar-refractivity contribution < 1.29 is 18.7 Å². The Kier molecular flexibility index (Phi) is 4.49. The van der Waals surface area contributed by atoms with Crippen molar-refractivity contribution >= 4 is 16.9 Å². The number of pyridine rings is 1. The Morgan fingerprint density at radius 3 is 2.60 bits per heavy atom. The van der Waals surface area contributed by atoms with E-state index in [-0.39, 0.29) is 22.7 Å². The van der Waals surface area contributed by atoms with Gasteiger partial charge in [-0.25, -0.2) is 18.6 Å². The third-order valence-electron chi connectivity index (χ3n) is 4.45. The highest BCUT2D eigenvalue weighted by Gasteiger charge is 2.17. The summed E-state index contributed by atoms with van der Waals surface area (Å²) in [6, 6.07) is 9.75. The molecule has 1 aromatic heterocycles. The highest BCUT2D eigenvalue weighted by Crippen LogP contribution is 2.30. The summed E-state index contributed by atoms with van der Waals surface area (Å²) in [5.74, 6) is -2.11. The summed E-state index contributed by atoms with van der Waals surface area (Å²) in [5.41, 5.74) is 1.51. The van der Waals surface area contributed by atoms with Gasteiger partial charge in [0.25, 0.3) is 0 Å². The van der Waals surface area contributed by atoms with E-state index < -0.39 is 17.6 Å². The quantitative estimate of drug-likeness (QED) is 0.692. The first-order valence-electron chi connectivity index (χ1n) is 8.04. The summed E-state index contributed by atoms with van der Waals surface area (Å²) in [5, 5.41) is 10.1. The molecular weight excluding hydrogens is 324 g/mol. The molecule has 0 saturated carbocycles. The molecule has 5 heteroatoms. The number of benzene rings is 2. The molecule has 0 amide bonds. The number of hydrogen-bond acceptors (Lipinski definition) is 2. The van der Waals surface area contributed by atoms with E-state index in [0.717, 1.165) is 30.2 Å². The number of nitrogens with zero attached hydrogens (tertiary/aromatic N) is 1. The molecule has 0 aliphatic rings. The van der Waals surface area contributed by atoms with Crippen LogP contribution < -0.4 is 0 Å². The molecular formula is C20H17F2NO2. The third-order valence-corrected chi connectivity index (χ3v) is 4.45. The van der Waals surface area contributed by atoms with Crippen molar-refractivity contribution in [1.82, 2.24) is 4.98 Å². The van der Waals surface area contributed by atoms with Gasteiger partial charge in [0.15, 0.2) is 0 Å². The standard InChI is InChI=1S/C20H17F2NO2/c1-3-11(2)12-4-7-18-14(8-12)15(20(24)25)10-19(23-18)16-9-13(21)5-6-17(16)22/h4-11H,3H2,1-2H3,(H,24,25). The fourth-order valence-electron chi connectivity index (χ4n) is 2.79. The fourth-order valence-corrected chi connectivity index (χ4v) is 2.79. The molecule has 0 spiro atoms. The number of hydrogen-bond donors (Lipinski definition) is 1. The fraction of sp³-hybridized carbons (Fsp3) is 0.200. The number of rotatable bonds is 4. The van der Waals surface area contributed by atoms with Crippen LogP contribution in [-0.4, -0.2) is 16.1 Å². The van der Waals surface area contributed by atoms with E-state index in [2.05, 4.69) is 18.8 Å². The van der Waals surface area contributed by atoms with Crippen LogP contribution in [0.1, 0.15) is 42.1 Å². The van der Waals surface area contributed by atoms with Crippen molar-refractivity contribution in [1.29, 1.82) is 0 Å². The minimum atomic E-state index is -1.13.